The van der Waals surface area contributed by atoms with E-state index in [1.807, 2.05) is 20.8 Å². The lowest BCUT2D eigenvalue weighted by Crippen LogP contribution is -2.22. The predicted molar refractivity (Wildman–Crippen MR) is 74.0 cm³/mol. The van der Waals surface area contributed by atoms with Gasteiger partial charge in [-0.2, -0.15) is 13.2 Å². The van der Waals surface area contributed by atoms with Crippen LogP contribution in [0.3, 0.4) is 0 Å². The van der Waals surface area contributed by atoms with Gasteiger partial charge in [-0.3, -0.25) is 10.1 Å². The number of hydrogen-bond acceptors (Lipinski definition) is 2. The predicted octanol–water partition coefficient (Wildman–Crippen LogP) is 4.97. The van der Waals surface area contributed by atoms with Gasteiger partial charge in [0.05, 0.1) is 4.92 Å². The van der Waals surface area contributed by atoms with Gasteiger partial charge in [-0.1, -0.05) is 42.8 Å². The third-order valence-corrected chi connectivity index (χ3v) is 4.61. The Labute approximate surface area is 123 Å². The molecule has 0 aliphatic rings. The maximum absolute atomic E-state index is 12.8. The Morgan fingerprint density at radius 3 is 2.25 bits per heavy atom. The van der Waals surface area contributed by atoms with Crippen LogP contribution < -0.4 is 0 Å². The molecule has 0 fully saturated rings. The van der Waals surface area contributed by atoms with Crippen molar-refractivity contribution in [2.75, 3.05) is 0 Å². The minimum Gasteiger partial charge on any atom is -0.258 e. The fourth-order valence-electron chi connectivity index (χ4n) is 1.61. The Balaban J connectivity index is 3.17. The smallest absolute Gasteiger partial charge is 0.258 e. The summed E-state index contributed by atoms with van der Waals surface area (Å²) in [5, 5.41) is 10.7. The van der Waals surface area contributed by atoms with E-state index in [4.69, 9.17) is 0 Å². The maximum Gasteiger partial charge on any atom is 0.423 e. The summed E-state index contributed by atoms with van der Waals surface area (Å²) in [6.45, 7) is 5.88. The van der Waals surface area contributed by atoms with Gasteiger partial charge < -0.3 is 0 Å². The number of nitrogens with zero attached hydrogens (tertiary/aromatic N) is 1. The van der Waals surface area contributed by atoms with Crippen LogP contribution in [0, 0.1) is 15.5 Å². The van der Waals surface area contributed by atoms with Gasteiger partial charge in [0.15, 0.2) is 0 Å². The second-order valence-corrected chi connectivity index (χ2v) is 6.75. The van der Waals surface area contributed by atoms with Crippen molar-refractivity contribution >= 4 is 21.6 Å². The van der Waals surface area contributed by atoms with Crippen molar-refractivity contribution in [1.82, 2.24) is 0 Å². The third kappa shape index (κ3) is 4.19. The quantitative estimate of drug-likeness (QED) is 0.437. The normalized spacial score (nSPS) is 14.2. The summed E-state index contributed by atoms with van der Waals surface area (Å²) in [7, 11) is 0. The van der Waals surface area contributed by atoms with Crippen LogP contribution in [0.1, 0.15) is 31.9 Å². The molecule has 0 heterocycles. The van der Waals surface area contributed by atoms with Crippen LogP contribution in [-0.2, 0) is 12.6 Å². The first-order valence-corrected chi connectivity index (χ1v) is 6.83. The molecule has 0 spiro atoms. The standard InChI is InChI=1S/C13H15BrF3NO2/c1-12(2,3)11(14)7-8-4-5-10(18(19)20)9(6-8)13(15,16)17/h4-6,11H,7H2,1-3H3. The molecule has 112 valence electrons. The molecule has 1 aromatic rings. The minimum atomic E-state index is -4.73. The molecular formula is C13H15BrF3NO2. The van der Waals surface area contributed by atoms with Crippen molar-refractivity contribution < 1.29 is 18.1 Å². The molecule has 7 heteroatoms. The molecule has 1 aromatic carbocycles. The molecule has 3 nitrogen and oxygen atoms in total. The Bertz CT molecular complexity index is 509. The first-order valence-electron chi connectivity index (χ1n) is 5.91. The van der Waals surface area contributed by atoms with E-state index < -0.39 is 22.4 Å². The van der Waals surface area contributed by atoms with E-state index in [1.165, 1.54) is 6.07 Å². The first kappa shape index (κ1) is 16.9. The summed E-state index contributed by atoms with van der Waals surface area (Å²) in [5.41, 5.74) is -1.82. The van der Waals surface area contributed by atoms with E-state index in [0.717, 1.165) is 12.1 Å². The maximum atomic E-state index is 12.8. The SMILES string of the molecule is CC(C)(C)C(Br)Cc1ccc([N+](=O)[O-])c(C(F)(F)F)c1. The van der Waals surface area contributed by atoms with E-state index in [1.54, 1.807) is 0 Å². The highest BCUT2D eigenvalue weighted by Gasteiger charge is 2.38. The molecule has 20 heavy (non-hydrogen) atoms. The van der Waals surface area contributed by atoms with Gasteiger partial charge in [0.2, 0.25) is 0 Å². The van der Waals surface area contributed by atoms with Crippen molar-refractivity contribution in [1.29, 1.82) is 0 Å². The Hall–Kier alpha value is -1.11. The Kier molecular flexibility index (Phi) is 4.84. The molecule has 0 bridgehead atoms. The van der Waals surface area contributed by atoms with E-state index >= 15 is 0 Å². The Morgan fingerprint density at radius 1 is 1.30 bits per heavy atom. The number of alkyl halides is 4. The van der Waals surface area contributed by atoms with Gasteiger partial charge in [0.25, 0.3) is 5.69 Å². The van der Waals surface area contributed by atoms with Crippen LogP contribution in [0.4, 0.5) is 18.9 Å². The van der Waals surface area contributed by atoms with Crippen molar-refractivity contribution in [3.8, 4) is 0 Å². The average molecular weight is 354 g/mol. The first-order chi connectivity index (χ1) is 8.93. The van der Waals surface area contributed by atoms with Crippen LogP contribution in [0.2, 0.25) is 0 Å². The monoisotopic (exact) mass is 353 g/mol. The van der Waals surface area contributed by atoms with Crippen LogP contribution >= 0.6 is 15.9 Å². The van der Waals surface area contributed by atoms with Crippen LogP contribution in [0.25, 0.3) is 0 Å². The largest absolute Gasteiger partial charge is 0.423 e. The molecule has 0 saturated heterocycles. The fourth-order valence-corrected chi connectivity index (χ4v) is 1.98. The molecule has 0 radical (unpaired) electrons. The van der Waals surface area contributed by atoms with Crippen LogP contribution in [0.5, 0.6) is 0 Å². The lowest BCUT2D eigenvalue weighted by atomic mass is 9.88. The fraction of sp³-hybridized carbons (Fsp3) is 0.538. The molecule has 0 amide bonds. The molecule has 1 unspecified atom stereocenters. The van der Waals surface area contributed by atoms with Crippen molar-refractivity contribution in [3.63, 3.8) is 0 Å². The van der Waals surface area contributed by atoms with Gasteiger partial charge in [0.1, 0.15) is 5.56 Å². The van der Waals surface area contributed by atoms with Gasteiger partial charge >= 0.3 is 6.18 Å². The number of hydrogen-bond donors (Lipinski definition) is 0. The number of rotatable bonds is 3. The zero-order valence-corrected chi connectivity index (χ0v) is 12.9. The van der Waals surface area contributed by atoms with Crippen molar-refractivity contribution in [3.05, 3.63) is 39.4 Å². The molecule has 1 rings (SSSR count). The van der Waals surface area contributed by atoms with Gasteiger partial charge in [-0.25, -0.2) is 0 Å². The second-order valence-electron chi connectivity index (χ2n) is 5.64. The molecule has 0 aliphatic carbocycles. The van der Waals surface area contributed by atoms with Crippen LogP contribution in [-0.4, -0.2) is 9.75 Å². The van der Waals surface area contributed by atoms with Gasteiger partial charge in [-0.05, 0) is 23.5 Å². The Morgan fingerprint density at radius 2 is 1.85 bits per heavy atom. The number of halogens is 4. The van der Waals surface area contributed by atoms with Crippen LogP contribution in [0.15, 0.2) is 18.2 Å². The summed E-state index contributed by atoms with van der Waals surface area (Å²) in [6.07, 6.45) is -4.37. The van der Waals surface area contributed by atoms with E-state index in [0.29, 0.717) is 12.0 Å². The zero-order chi connectivity index (χ0) is 15.7. The molecule has 0 saturated carbocycles. The number of nitro groups is 1. The highest BCUT2D eigenvalue weighted by Crippen LogP contribution is 2.37. The molecule has 1 atom stereocenters. The summed E-state index contributed by atoms with van der Waals surface area (Å²) in [4.78, 5) is 9.62. The summed E-state index contributed by atoms with van der Waals surface area (Å²) < 4.78 is 38.5. The topological polar surface area (TPSA) is 43.1 Å². The minimum absolute atomic E-state index is 0.0301. The third-order valence-electron chi connectivity index (χ3n) is 2.92. The summed E-state index contributed by atoms with van der Waals surface area (Å²) in [5.74, 6) is 0. The lowest BCUT2D eigenvalue weighted by Gasteiger charge is -2.25. The molecule has 0 aromatic heterocycles. The van der Waals surface area contributed by atoms with E-state index in [9.17, 15) is 23.3 Å². The number of benzene rings is 1. The summed E-state index contributed by atoms with van der Waals surface area (Å²) >= 11 is 3.44. The average Bonchev–Trinajstić information content (AvgIpc) is 2.26. The lowest BCUT2D eigenvalue weighted by molar-refractivity contribution is -0.388. The molecular weight excluding hydrogens is 339 g/mol. The highest BCUT2D eigenvalue weighted by molar-refractivity contribution is 9.09. The van der Waals surface area contributed by atoms with E-state index in [-0.39, 0.29) is 10.2 Å². The molecule has 0 aliphatic heterocycles. The zero-order valence-electron chi connectivity index (χ0n) is 11.3. The highest BCUT2D eigenvalue weighted by atomic mass is 79.9. The second kappa shape index (κ2) is 5.71. The van der Waals surface area contributed by atoms with Gasteiger partial charge in [-0.15, -0.1) is 0 Å². The van der Waals surface area contributed by atoms with Gasteiger partial charge in [0, 0.05) is 10.9 Å². The number of nitro benzene ring substituents is 1. The van der Waals surface area contributed by atoms with Crippen molar-refractivity contribution in [2.24, 2.45) is 5.41 Å². The van der Waals surface area contributed by atoms with Crippen molar-refractivity contribution in [2.45, 2.75) is 38.2 Å². The summed E-state index contributed by atoms with van der Waals surface area (Å²) in [6, 6.07) is 3.14. The molecule has 0 N–H and O–H groups in total. The van der Waals surface area contributed by atoms with E-state index in [2.05, 4.69) is 15.9 Å².